The Bertz CT molecular complexity index is 432. The third kappa shape index (κ3) is 4.45. The number of hydrogen-bond donors (Lipinski definition) is 2. The highest BCUT2D eigenvalue weighted by molar-refractivity contribution is 5.85. The molecule has 18 heavy (non-hydrogen) atoms. The Balaban J connectivity index is 2.41. The fourth-order valence-corrected chi connectivity index (χ4v) is 1.44. The van der Waals surface area contributed by atoms with E-state index in [1.165, 1.54) is 0 Å². The molecule has 0 bridgehead atoms. The van der Waals surface area contributed by atoms with Crippen molar-refractivity contribution in [3.05, 3.63) is 29.8 Å². The van der Waals surface area contributed by atoms with Gasteiger partial charge in [-0.25, -0.2) is 0 Å². The lowest BCUT2D eigenvalue weighted by Crippen LogP contribution is -2.38. The highest BCUT2D eigenvalue weighted by atomic mass is 16.2. The number of nitrogens with one attached hydrogen (secondary N) is 1. The van der Waals surface area contributed by atoms with Crippen molar-refractivity contribution in [2.75, 3.05) is 25.9 Å². The van der Waals surface area contributed by atoms with Gasteiger partial charge in [0.25, 0.3) is 0 Å². The quantitative estimate of drug-likeness (QED) is 0.742. The summed E-state index contributed by atoms with van der Waals surface area (Å²) in [4.78, 5) is 24.6. The standard InChI is InChI=1S/C13H19N3O2/c1-3-16(2)13(18)9-15-12(17)8-10-5-4-6-11(14)7-10/h4-7H,3,8-9,14H2,1-2H3,(H,15,17). The van der Waals surface area contributed by atoms with E-state index in [1.807, 2.05) is 13.0 Å². The predicted molar refractivity (Wildman–Crippen MR) is 70.9 cm³/mol. The number of carbonyl (C=O) groups is 2. The summed E-state index contributed by atoms with van der Waals surface area (Å²) in [5, 5.41) is 2.59. The summed E-state index contributed by atoms with van der Waals surface area (Å²) in [6.07, 6.45) is 0.230. The van der Waals surface area contributed by atoms with Crippen LogP contribution in [0.25, 0.3) is 0 Å². The van der Waals surface area contributed by atoms with Gasteiger partial charge >= 0.3 is 0 Å². The van der Waals surface area contributed by atoms with Gasteiger partial charge in [0, 0.05) is 19.3 Å². The van der Waals surface area contributed by atoms with Gasteiger partial charge in [0.15, 0.2) is 0 Å². The molecule has 0 aliphatic carbocycles. The fourth-order valence-electron chi connectivity index (χ4n) is 1.44. The van der Waals surface area contributed by atoms with E-state index in [0.29, 0.717) is 12.2 Å². The van der Waals surface area contributed by atoms with Gasteiger partial charge in [-0.1, -0.05) is 12.1 Å². The van der Waals surface area contributed by atoms with Crippen LogP contribution in [0.2, 0.25) is 0 Å². The first-order chi connectivity index (χ1) is 8.52. The van der Waals surface area contributed by atoms with Crippen molar-refractivity contribution < 1.29 is 9.59 Å². The lowest BCUT2D eigenvalue weighted by atomic mass is 10.1. The van der Waals surface area contributed by atoms with Crippen molar-refractivity contribution in [1.82, 2.24) is 10.2 Å². The van der Waals surface area contributed by atoms with Crippen molar-refractivity contribution in [2.24, 2.45) is 0 Å². The molecule has 0 radical (unpaired) electrons. The lowest BCUT2D eigenvalue weighted by molar-refractivity contribution is -0.131. The minimum Gasteiger partial charge on any atom is -0.399 e. The van der Waals surface area contributed by atoms with Gasteiger partial charge in [-0.15, -0.1) is 0 Å². The van der Waals surface area contributed by atoms with Gasteiger partial charge in [-0.3, -0.25) is 9.59 Å². The van der Waals surface area contributed by atoms with Crippen LogP contribution in [0.4, 0.5) is 5.69 Å². The van der Waals surface area contributed by atoms with Gasteiger partial charge in [0.05, 0.1) is 13.0 Å². The first-order valence-electron chi connectivity index (χ1n) is 5.88. The Morgan fingerprint density at radius 1 is 1.39 bits per heavy atom. The maximum Gasteiger partial charge on any atom is 0.241 e. The Morgan fingerprint density at radius 2 is 2.11 bits per heavy atom. The van der Waals surface area contributed by atoms with Crippen LogP contribution in [0.1, 0.15) is 12.5 Å². The minimum atomic E-state index is -0.182. The molecule has 98 valence electrons. The van der Waals surface area contributed by atoms with E-state index in [9.17, 15) is 9.59 Å². The Hall–Kier alpha value is -2.04. The molecule has 0 saturated heterocycles. The summed E-state index contributed by atoms with van der Waals surface area (Å²) >= 11 is 0. The van der Waals surface area contributed by atoms with E-state index in [0.717, 1.165) is 5.56 Å². The largest absolute Gasteiger partial charge is 0.399 e. The SMILES string of the molecule is CCN(C)C(=O)CNC(=O)Cc1cccc(N)c1. The monoisotopic (exact) mass is 249 g/mol. The molecule has 0 saturated carbocycles. The van der Waals surface area contributed by atoms with Crippen LogP contribution in [0.5, 0.6) is 0 Å². The van der Waals surface area contributed by atoms with Gasteiger partial charge in [0.2, 0.25) is 11.8 Å². The van der Waals surface area contributed by atoms with Crippen LogP contribution in [-0.4, -0.2) is 36.9 Å². The second-order valence-corrected chi connectivity index (χ2v) is 4.11. The number of hydrogen-bond acceptors (Lipinski definition) is 3. The number of likely N-dealkylation sites (N-methyl/N-ethyl adjacent to an activating group) is 1. The van der Waals surface area contributed by atoms with Crippen LogP contribution in [0.3, 0.4) is 0 Å². The molecule has 1 aromatic carbocycles. The highest BCUT2D eigenvalue weighted by Gasteiger charge is 2.09. The number of carbonyl (C=O) groups excluding carboxylic acids is 2. The summed E-state index contributed by atoms with van der Waals surface area (Å²) in [5.74, 6) is -0.281. The minimum absolute atomic E-state index is 0.0332. The third-order valence-electron chi connectivity index (χ3n) is 2.65. The molecule has 0 spiro atoms. The molecule has 0 aliphatic rings. The first-order valence-corrected chi connectivity index (χ1v) is 5.88. The number of nitrogens with zero attached hydrogens (tertiary/aromatic N) is 1. The highest BCUT2D eigenvalue weighted by Crippen LogP contribution is 2.06. The first kappa shape index (κ1) is 14.0. The summed E-state index contributed by atoms with van der Waals surface area (Å²) in [7, 11) is 1.70. The van der Waals surface area contributed by atoms with Gasteiger partial charge in [-0.05, 0) is 24.6 Å². The molecule has 5 heteroatoms. The number of nitrogens with two attached hydrogens (primary N) is 1. The number of anilines is 1. The normalized spacial score (nSPS) is 9.89. The molecule has 0 aliphatic heterocycles. The van der Waals surface area contributed by atoms with Crippen LogP contribution >= 0.6 is 0 Å². The second kappa shape index (κ2) is 6.64. The number of rotatable bonds is 5. The van der Waals surface area contributed by atoms with Crippen LogP contribution in [0, 0.1) is 0 Å². The van der Waals surface area contributed by atoms with Crippen LogP contribution < -0.4 is 11.1 Å². The topological polar surface area (TPSA) is 75.4 Å². The van der Waals surface area contributed by atoms with E-state index in [2.05, 4.69) is 5.32 Å². The zero-order chi connectivity index (χ0) is 13.5. The molecule has 0 fully saturated rings. The number of amides is 2. The Labute approximate surface area is 107 Å². The third-order valence-corrected chi connectivity index (χ3v) is 2.65. The molecule has 3 N–H and O–H groups in total. The summed E-state index contributed by atoms with van der Waals surface area (Å²) in [6, 6.07) is 7.14. The summed E-state index contributed by atoms with van der Waals surface area (Å²) in [6.45, 7) is 2.54. The van der Waals surface area contributed by atoms with E-state index < -0.39 is 0 Å². The van der Waals surface area contributed by atoms with Gasteiger partial charge < -0.3 is 16.0 Å². The Morgan fingerprint density at radius 3 is 2.72 bits per heavy atom. The molecule has 0 atom stereocenters. The summed E-state index contributed by atoms with van der Waals surface area (Å²) in [5.41, 5.74) is 7.09. The van der Waals surface area contributed by atoms with Crippen molar-refractivity contribution in [3.8, 4) is 0 Å². The fraction of sp³-hybridized carbons (Fsp3) is 0.385. The molecule has 0 unspecified atom stereocenters. The molecule has 5 nitrogen and oxygen atoms in total. The van der Waals surface area contributed by atoms with E-state index in [4.69, 9.17) is 5.73 Å². The zero-order valence-electron chi connectivity index (χ0n) is 10.8. The molecule has 0 heterocycles. The molecule has 1 rings (SSSR count). The molecular formula is C13H19N3O2. The van der Waals surface area contributed by atoms with E-state index in [1.54, 1.807) is 30.1 Å². The van der Waals surface area contributed by atoms with Gasteiger partial charge in [0.1, 0.15) is 0 Å². The van der Waals surface area contributed by atoms with Crippen molar-refractivity contribution in [1.29, 1.82) is 0 Å². The maximum atomic E-state index is 11.6. The molecular weight excluding hydrogens is 230 g/mol. The lowest BCUT2D eigenvalue weighted by Gasteiger charge is -2.14. The van der Waals surface area contributed by atoms with Gasteiger partial charge in [-0.2, -0.15) is 0 Å². The summed E-state index contributed by atoms with van der Waals surface area (Å²) < 4.78 is 0. The molecule has 0 aromatic heterocycles. The average Bonchev–Trinajstić information content (AvgIpc) is 2.35. The molecule has 2 amide bonds. The Kier molecular flexibility index (Phi) is 5.17. The smallest absolute Gasteiger partial charge is 0.241 e. The number of nitrogen functional groups attached to an aromatic ring is 1. The van der Waals surface area contributed by atoms with Crippen molar-refractivity contribution in [2.45, 2.75) is 13.3 Å². The van der Waals surface area contributed by atoms with Crippen molar-refractivity contribution in [3.63, 3.8) is 0 Å². The zero-order valence-corrected chi connectivity index (χ0v) is 10.8. The average molecular weight is 249 g/mol. The number of benzene rings is 1. The van der Waals surface area contributed by atoms with Crippen LogP contribution in [-0.2, 0) is 16.0 Å². The van der Waals surface area contributed by atoms with E-state index in [-0.39, 0.29) is 24.8 Å². The molecule has 1 aromatic rings. The van der Waals surface area contributed by atoms with Crippen LogP contribution in [0.15, 0.2) is 24.3 Å². The van der Waals surface area contributed by atoms with Crippen molar-refractivity contribution >= 4 is 17.5 Å². The second-order valence-electron chi connectivity index (χ2n) is 4.11. The predicted octanol–water partition coefficient (Wildman–Crippen LogP) is 0.406. The maximum absolute atomic E-state index is 11.6. The van der Waals surface area contributed by atoms with E-state index >= 15 is 0 Å².